The van der Waals surface area contributed by atoms with E-state index in [-0.39, 0.29) is 19.5 Å². The van der Waals surface area contributed by atoms with Crippen molar-refractivity contribution in [3.63, 3.8) is 0 Å². The Morgan fingerprint density at radius 1 is 1.26 bits per heavy atom. The minimum Gasteiger partial charge on any atom is -0.290 e. The van der Waals surface area contributed by atoms with Crippen molar-refractivity contribution in [1.82, 2.24) is 29.0 Å². The summed E-state index contributed by atoms with van der Waals surface area (Å²) in [5.41, 5.74) is 1.88. The van der Waals surface area contributed by atoms with E-state index in [1.165, 1.54) is 11.1 Å². The van der Waals surface area contributed by atoms with E-state index >= 15 is 0 Å². The maximum atomic E-state index is 12.7. The van der Waals surface area contributed by atoms with Gasteiger partial charge in [0, 0.05) is 43.3 Å². The Morgan fingerprint density at radius 3 is 2.68 bits per heavy atom. The molecule has 0 spiro atoms. The molecule has 0 radical (unpaired) electrons. The van der Waals surface area contributed by atoms with Crippen LogP contribution in [0.25, 0.3) is 22.6 Å². The molecule has 0 aliphatic carbocycles. The Morgan fingerprint density at radius 2 is 2.03 bits per heavy atom. The first-order chi connectivity index (χ1) is 14.8. The van der Waals surface area contributed by atoms with E-state index in [2.05, 4.69) is 26.1 Å². The third kappa shape index (κ3) is 3.37. The summed E-state index contributed by atoms with van der Waals surface area (Å²) in [5, 5.41) is 14.0. The maximum Gasteiger partial charge on any atom is 0.401 e. The topological polar surface area (TPSA) is 87.4 Å². The molecule has 12 heteroatoms. The number of hydrogen-bond acceptors (Lipinski definition) is 6. The second-order valence-electron chi connectivity index (χ2n) is 7.60. The zero-order chi connectivity index (χ0) is 21.8. The van der Waals surface area contributed by atoms with Crippen molar-refractivity contribution in [3.8, 4) is 17.5 Å². The van der Waals surface area contributed by atoms with Crippen molar-refractivity contribution in [2.24, 2.45) is 4.99 Å². The number of alkyl halides is 3. The van der Waals surface area contributed by atoms with Gasteiger partial charge >= 0.3 is 6.18 Å². The molecule has 2 aliphatic rings. The van der Waals surface area contributed by atoms with E-state index in [0.29, 0.717) is 27.9 Å². The average Bonchev–Trinajstić information content (AvgIpc) is 3.24. The number of nitriles is 1. The van der Waals surface area contributed by atoms with Crippen molar-refractivity contribution in [2.75, 3.05) is 19.6 Å². The van der Waals surface area contributed by atoms with Crippen molar-refractivity contribution in [1.29, 1.82) is 5.26 Å². The van der Waals surface area contributed by atoms with Crippen LogP contribution in [0.2, 0.25) is 5.15 Å². The van der Waals surface area contributed by atoms with Gasteiger partial charge in [0.15, 0.2) is 5.82 Å². The molecule has 0 N–H and O–H groups in total. The second kappa shape index (κ2) is 6.90. The molecular formula is C19H14ClF3N8. The Kier molecular flexibility index (Phi) is 4.39. The molecule has 0 aromatic carbocycles. The van der Waals surface area contributed by atoms with Crippen LogP contribution >= 0.6 is 11.6 Å². The first-order valence-corrected chi connectivity index (χ1v) is 9.65. The van der Waals surface area contributed by atoms with Gasteiger partial charge in [-0.05, 0) is 0 Å². The van der Waals surface area contributed by atoms with Gasteiger partial charge in [-0.25, -0.2) is 9.97 Å². The Labute approximate surface area is 178 Å². The van der Waals surface area contributed by atoms with Crippen LogP contribution < -0.4 is 0 Å². The summed E-state index contributed by atoms with van der Waals surface area (Å²) in [6.07, 6.45) is 3.88. The molecule has 0 saturated carbocycles. The number of aromatic nitrogens is 5. The van der Waals surface area contributed by atoms with E-state index in [4.69, 9.17) is 11.6 Å². The monoisotopic (exact) mass is 446 g/mol. The quantitative estimate of drug-likeness (QED) is 0.600. The lowest BCUT2D eigenvalue weighted by atomic mass is 9.87. The predicted octanol–water partition coefficient (Wildman–Crippen LogP) is 3.16. The van der Waals surface area contributed by atoms with Crippen LogP contribution in [0.15, 0.2) is 35.8 Å². The first kappa shape index (κ1) is 19.7. The SMILES string of the molecule is N#CCC1(n2cc(-c3nc(C4=CN=C4)cc4ncc(Cl)n34)cn2)CN(CC(F)(F)F)C1. The number of fused-ring (bicyclic) bond motifs is 1. The van der Waals surface area contributed by atoms with Crippen LogP contribution in [0, 0.1) is 11.3 Å². The third-order valence-electron chi connectivity index (χ3n) is 5.35. The molecule has 8 nitrogen and oxygen atoms in total. The molecule has 5 heterocycles. The number of likely N-dealkylation sites (tertiary alicyclic amines) is 1. The summed E-state index contributed by atoms with van der Waals surface area (Å²) < 4.78 is 41.4. The van der Waals surface area contributed by atoms with E-state index in [1.807, 2.05) is 0 Å². The Bertz CT molecular complexity index is 1270. The fraction of sp³-hybridized carbons (Fsp3) is 0.316. The Hall–Kier alpha value is -3.23. The lowest BCUT2D eigenvalue weighted by Crippen LogP contribution is -2.64. The summed E-state index contributed by atoms with van der Waals surface area (Å²) in [4.78, 5) is 14.2. The fourth-order valence-electron chi connectivity index (χ4n) is 3.93. The smallest absolute Gasteiger partial charge is 0.290 e. The van der Waals surface area contributed by atoms with Crippen LogP contribution in [-0.2, 0) is 5.54 Å². The number of hydrogen-bond donors (Lipinski definition) is 0. The summed E-state index contributed by atoms with van der Waals surface area (Å²) in [6.45, 7) is -0.849. The summed E-state index contributed by atoms with van der Waals surface area (Å²) in [5.74, 6) is 0.487. The van der Waals surface area contributed by atoms with Gasteiger partial charge in [0.1, 0.15) is 16.3 Å². The van der Waals surface area contributed by atoms with Gasteiger partial charge < -0.3 is 0 Å². The number of halogens is 4. The molecule has 0 amide bonds. The predicted molar refractivity (Wildman–Crippen MR) is 106 cm³/mol. The fourth-order valence-corrected chi connectivity index (χ4v) is 4.15. The minimum absolute atomic E-state index is 0.0422. The zero-order valence-electron chi connectivity index (χ0n) is 15.9. The van der Waals surface area contributed by atoms with Gasteiger partial charge in [0.05, 0.1) is 42.7 Å². The van der Waals surface area contributed by atoms with Gasteiger partial charge in [-0.1, -0.05) is 11.6 Å². The highest BCUT2D eigenvalue weighted by Crippen LogP contribution is 2.35. The van der Waals surface area contributed by atoms with Gasteiger partial charge in [0.25, 0.3) is 0 Å². The third-order valence-corrected chi connectivity index (χ3v) is 5.61. The van der Waals surface area contributed by atoms with Crippen LogP contribution in [0.1, 0.15) is 12.1 Å². The van der Waals surface area contributed by atoms with Crippen molar-refractivity contribution < 1.29 is 13.2 Å². The van der Waals surface area contributed by atoms with Crippen LogP contribution in [-0.4, -0.2) is 61.1 Å². The van der Waals surface area contributed by atoms with Gasteiger partial charge in [-0.2, -0.15) is 23.5 Å². The minimum atomic E-state index is -4.29. The molecule has 1 saturated heterocycles. The van der Waals surface area contributed by atoms with Gasteiger partial charge in [-0.3, -0.25) is 19.0 Å². The van der Waals surface area contributed by atoms with Gasteiger partial charge in [-0.15, -0.1) is 0 Å². The van der Waals surface area contributed by atoms with E-state index in [1.54, 1.807) is 40.0 Å². The maximum absolute atomic E-state index is 12.7. The van der Waals surface area contributed by atoms with Gasteiger partial charge in [0.2, 0.25) is 0 Å². The van der Waals surface area contributed by atoms with Crippen molar-refractivity contribution >= 4 is 29.0 Å². The van der Waals surface area contributed by atoms with Crippen LogP contribution in [0.3, 0.4) is 0 Å². The highest BCUT2D eigenvalue weighted by molar-refractivity contribution is 6.30. The molecule has 0 unspecified atom stereocenters. The zero-order valence-corrected chi connectivity index (χ0v) is 16.6. The number of nitrogens with zero attached hydrogens (tertiary/aromatic N) is 8. The number of imidazole rings is 1. The molecular weight excluding hydrogens is 433 g/mol. The molecule has 1 fully saturated rings. The van der Waals surface area contributed by atoms with Crippen LogP contribution in [0.5, 0.6) is 0 Å². The molecule has 158 valence electrons. The van der Waals surface area contributed by atoms with E-state index in [0.717, 1.165) is 5.57 Å². The second-order valence-corrected chi connectivity index (χ2v) is 7.98. The molecule has 0 bridgehead atoms. The Balaban J connectivity index is 1.51. The standard InChI is InChI=1S/C19H14ClF3N8/c20-15-7-26-16-3-14(12-4-25-5-12)28-17(31(15)16)13-6-27-30(8-13)18(1-2-24)9-29(10-18)11-19(21,22)23/h3-8H,1,9-11H2. The first-order valence-electron chi connectivity index (χ1n) is 9.27. The largest absolute Gasteiger partial charge is 0.401 e. The summed E-state index contributed by atoms with van der Waals surface area (Å²) in [6, 6.07) is 3.86. The number of rotatable bonds is 5. The highest BCUT2D eigenvalue weighted by atomic mass is 35.5. The summed E-state index contributed by atoms with van der Waals surface area (Å²) >= 11 is 6.31. The molecule has 31 heavy (non-hydrogen) atoms. The van der Waals surface area contributed by atoms with E-state index < -0.39 is 18.3 Å². The average molecular weight is 447 g/mol. The highest BCUT2D eigenvalue weighted by Gasteiger charge is 2.48. The van der Waals surface area contributed by atoms with Crippen molar-refractivity contribution in [2.45, 2.75) is 18.1 Å². The number of allylic oxidation sites excluding steroid dienone is 1. The van der Waals surface area contributed by atoms with Crippen molar-refractivity contribution in [3.05, 3.63) is 41.7 Å². The lowest BCUT2D eigenvalue weighted by molar-refractivity contribution is -0.167. The van der Waals surface area contributed by atoms with E-state index in [9.17, 15) is 18.4 Å². The number of aliphatic imine (C=N–C) groups is 1. The van der Waals surface area contributed by atoms with Crippen LogP contribution in [0.4, 0.5) is 13.2 Å². The molecule has 0 atom stereocenters. The molecule has 3 aromatic rings. The molecule has 5 rings (SSSR count). The lowest BCUT2D eigenvalue weighted by Gasteiger charge is -2.49. The molecule has 2 aliphatic heterocycles. The normalized spacial score (nSPS) is 17.8. The molecule has 3 aromatic heterocycles. The summed E-state index contributed by atoms with van der Waals surface area (Å²) in [7, 11) is 0.